The van der Waals surface area contributed by atoms with Gasteiger partial charge in [0.2, 0.25) is 0 Å². The van der Waals surface area contributed by atoms with Gasteiger partial charge in [-0.05, 0) is 17.4 Å². The van der Waals surface area contributed by atoms with Crippen LogP contribution in [-0.4, -0.2) is 0 Å². The summed E-state index contributed by atoms with van der Waals surface area (Å²) < 4.78 is 0. The van der Waals surface area contributed by atoms with Crippen molar-refractivity contribution in [2.24, 2.45) is 11.1 Å². The van der Waals surface area contributed by atoms with Crippen LogP contribution < -0.4 is 5.73 Å². The Hall–Kier alpha value is -0.340. The molecule has 2 N–H and O–H groups in total. The predicted molar refractivity (Wildman–Crippen MR) is 109 cm³/mol. The molecule has 2 heteroatoms. The van der Waals surface area contributed by atoms with Crippen LogP contribution in [0.25, 0.3) is 0 Å². The van der Waals surface area contributed by atoms with Gasteiger partial charge in [-0.2, -0.15) is 0 Å². The highest BCUT2D eigenvalue weighted by molar-refractivity contribution is 8.93. The second kappa shape index (κ2) is 13.0. The Morgan fingerprint density at radius 1 is 0.826 bits per heavy atom. The number of unbranched alkanes of at least 4 members (excludes halogenated alkanes) is 8. The van der Waals surface area contributed by atoms with Gasteiger partial charge in [-0.25, -0.2) is 0 Å². The number of benzene rings is 1. The van der Waals surface area contributed by atoms with Crippen LogP contribution in [0.5, 0.6) is 0 Å². The van der Waals surface area contributed by atoms with E-state index in [0.717, 1.165) is 0 Å². The van der Waals surface area contributed by atoms with E-state index >= 15 is 0 Å². The van der Waals surface area contributed by atoms with E-state index in [1.165, 1.54) is 69.8 Å². The van der Waals surface area contributed by atoms with E-state index in [1.807, 2.05) is 0 Å². The van der Waals surface area contributed by atoms with Crippen molar-refractivity contribution in [3.63, 3.8) is 0 Å². The van der Waals surface area contributed by atoms with Crippen LogP contribution in [0.15, 0.2) is 30.3 Å². The molecule has 1 atom stereocenters. The van der Waals surface area contributed by atoms with E-state index in [1.54, 1.807) is 0 Å². The predicted octanol–water partition coefficient (Wildman–Crippen LogP) is 7.21. The number of hydrogen-bond acceptors (Lipinski definition) is 1. The fourth-order valence-electron chi connectivity index (χ4n) is 3.16. The second-order valence-corrected chi connectivity index (χ2v) is 7.46. The summed E-state index contributed by atoms with van der Waals surface area (Å²) in [5.41, 5.74) is 7.93. The summed E-state index contributed by atoms with van der Waals surface area (Å²) in [7, 11) is 0. The molecule has 0 saturated heterocycles. The summed E-state index contributed by atoms with van der Waals surface area (Å²) >= 11 is 0. The van der Waals surface area contributed by atoms with E-state index in [4.69, 9.17) is 5.73 Å². The van der Waals surface area contributed by atoms with Gasteiger partial charge >= 0.3 is 0 Å². The van der Waals surface area contributed by atoms with Crippen LogP contribution in [0.1, 0.15) is 96.6 Å². The Bertz CT molecular complexity index is 375. The zero-order valence-corrected chi connectivity index (χ0v) is 17.2. The van der Waals surface area contributed by atoms with Crippen LogP contribution in [0.3, 0.4) is 0 Å². The standard InChI is InChI=1S/C21H37N.BrH/c1-4-5-6-7-8-9-10-11-15-18-21(2,3)20(22)19-16-13-12-14-17-19;/h12-14,16-17,20H,4-11,15,18,22H2,1-3H3;1H. The fourth-order valence-corrected chi connectivity index (χ4v) is 3.16. The molecule has 134 valence electrons. The minimum absolute atomic E-state index is 0. The van der Waals surface area contributed by atoms with Gasteiger partial charge < -0.3 is 5.73 Å². The maximum atomic E-state index is 6.48. The van der Waals surface area contributed by atoms with Crippen LogP contribution in [0, 0.1) is 5.41 Å². The Kier molecular flexibility index (Phi) is 12.8. The van der Waals surface area contributed by atoms with Crippen molar-refractivity contribution >= 4 is 17.0 Å². The highest BCUT2D eigenvalue weighted by atomic mass is 79.9. The van der Waals surface area contributed by atoms with Crippen molar-refractivity contribution in [3.8, 4) is 0 Å². The van der Waals surface area contributed by atoms with Crippen LogP contribution in [0.4, 0.5) is 0 Å². The molecule has 1 nitrogen and oxygen atoms in total. The minimum Gasteiger partial charge on any atom is -0.324 e. The largest absolute Gasteiger partial charge is 0.324 e. The zero-order chi connectivity index (χ0) is 16.3. The molecule has 1 aromatic carbocycles. The summed E-state index contributed by atoms with van der Waals surface area (Å²) in [6.07, 6.45) is 13.7. The van der Waals surface area contributed by atoms with Crippen molar-refractivity contribution in [2.75, 3.05) is 0 Å². The molecule has 0 saturated carbocycles. The van der Waals surface area contributed by atoms with E-state index in [0.29, 0.717) is 0 Å². The highest BCUT2D eigenvalue weighted by Crippen LogP contribution is 2.36. The van der Waals surface area contributed by atoms with Crippen LogP contribution >= 0.6 is 17.0 Å². The first kappa shape index (κ1) is 22.7. The molecule has 0 aliphatic rings. The Morgan fingerprint density at radius 3 is 1.83 bits per heavy atom. The molecule has 0 amide bonds. The summed E-state index contributed by atoms with van der Waals surface area (Å²) in [6.45, 7) is 6.91. The summed E-state index contributed by atoms with van der Waals surface area (Å²) in [5.74, 6) is 0. The second-order valence-electron chi connectivity index (χ2n) is 7.46. The lowest BCUT2D eigenvalue weighted by atomic mass is 9.77. The number of nitrogens with two attached hydrogens (primary N) is 1. The Balaban J connectivity index is 0.00000484. The lowest BCUT2D eigenvalue weighted by molar-refractivity contribution is 0.255. The van der Waals surface area contributed by atoms with Gasteiger partial charge in [0.25, 0.3) is 0 Å². The van der Waals surface area contributed by atoms with Crippen molar-refractivity contribution < 1.29 is 0 Å². The van der Waals surface area contributed by atoms with Gasteiger partial charge in [-0.3, -0.25) is 0 Å². The molecule has 1 unspecified atom stereocenters. The first-order valence-corrected chi connectivity index (χ1v) is 9.38. The SMILES string of the molecule is Br.CCCCCCCCCCCC(C)(C)C(N)c1ccccc1. The minimum atomic E-state index is 0. The maximum Gasteiger partial charge on any atom is 0.0346 e. The first-order chi connectivity index (χ1) is 10.6. The molecule has 0 heterocycles. The van der Waals surface area contributed by atoms with Crippen LogP contribution in [0.2, 0.25) is 0 Å². The molecule has 0 fully saturated rings. The maximum absolute atomic E-state index is 6.48. The molecule has 0 spiro atoms. The molecule has 0 aliphatic heterocycles. The molecule has 0 aliphatic carbocycles. The quantitative estimate of drug-likeness (QED) is 0.379. The number of halogens is 1. The van der Waals surface area contributed by atoms with Gasteiger partial charge in [0.1, 0.15) is 0 Å². The summed E-state index contributed by atoms with van der Waals surface area (Å²) in [5, 5.41) is 0. The average Bonchev–Trinajstić information content (AvgIpc) is 2.53. The van der Waals surface area contributed by atoms with E-state index < -0.39 is 0 Å². The lowest BCUT2D eigenvalue weighted by Gasteiger charge is -2.32. The lowest BCUT2D eigenvalue weighted by Crippen LogP contribution is -2.29. The first-order valence-electron chi connectivity index (χ1n) is 9.38. The van der Waals surface area contributed by atoms with Crippen molar-refractivity contribution in [1.82, 2.24) is 0 Å². The molecule has 1 aromatic rings. The summed E-state index contributed by atoms with van der Waals surface area (Å²) in [6, 6.07) is 10.7. The fraction of sp³-hybridized carbons (Fsp3) is 0.714. The average molecular weight is 384 g/mol. The highest BCUT2D eigenvalue weighted by Gasteiger charge is 2.26. The van der Waals surface area contributed by atoms with Crippen molar-refractivity contribution in [1.29, 1.82) is 0 Å². The van der Waals surface area contributed by atoms with E-state index in [-0.39, 0.29) is 28.4 Å². The summed E-state index contributed by atoms with van der Waals surface area (Å²) in [4.78, 5) is 0. The van der Waals surface area contributed by atoms with Crippen LogP contribution in [-0.2, 0) is 0 Å². The Morgan fingerprint density at radius 2 is 1.30 bits per heavy atom. The van der Waals surface area contributed by atoms with Gasteiger partial charge in [0.15, 0.2) is 0 Å². The third-order valence-corrected chi connectivity index (χ3v) is 4.93. The number of hydrogen-bond donors (Lipinski definition) is 1. The van der Waals surface area contributed by atoms with Crippen molar-refractivity contribution in [3.05, 3.63) is 35.9 Å². The molecule has 0 bridgehead atoms. The monoisotopic (exact) mass is 383 g/mol. The van der Waals surface area contributed by atoms with Gasteiger partial charge in [0, 0.05) is 6.04 Å². The van der Waals surface area contributed by atoms with E-state index in [2.05, 4.69) is 51.1 Å². The molecular formula is C21H38BrN. The van der Waals surface area contributed by atoms with Gasteiger partial charge in [-0.15, -0.1) is 17.0 Å². The molecule has 0 aromatic heterocycles. The normalized spacial score (nSPS) is 12.7. The molecule has 23 heavy (non-hydrogen) atoms. The van der Waals surface area contributed by atoms with Gasteiger partial charge in [-0.1, -0.05) is 109 Å². The smallest absolute Gasteiger partial charge is 0.0346 e. The Labute approximate surface area is 155 Å². The van der Waals surface area contributed by atoms with Gasteiger partial charge in [0.05, 0.1) is 0 Å². The number of rotatable bonds is 12. The third kappa shape index (κ3) is 9.52. The van der Waals surface area contributed by atoms with E-state index in [9.17, 15) is 0 Å². The van der Waals surface area contributed by atoms with Crippen molar-refractivity contribution in [2.45, 2.75) is 91.0 Å². The molecule has 0 radical (unpaired) electrons. The topological polar surface area (TPSA) is 26.0 Å². The third-order valence-electron chi connectivity index (χ3n) is 4.93. The molecular weight excluding hydrogens is 346 g/mol. The molecule has 1 rings (SSSR count). The zero-order valence-electron chi connectivity index (χ0n) is 15.5.